The minimum absolute atomic E-state index is 0.157. The molecule has 2 N–H and O–H groups in total. The Kier molecular flexibility index (Phi) is 5.59. The van der Waals surface area contributed by atoms with Crippen LogP contribution in [0.4, 0.5) is 23.2 Å². The number of aromatic nitrogens is 4. The van der Waals surface area contributed by atoms with Crippen LogP contribution < -0.4 is 5.32 Å². The lowest BCUT2D eigenvalue weighted by Gasteiger charge is -2.28. The van der Waals surface area contributed by atoms with E-state index in [2.05, 4.69) is 20.3 Å². The third-order valence-corrected chi connectivity index (χ3v) is 6.15. The number of fused-ring (bicyclic) bond motifs is 1. The third kappa shape index (κ3) is 4.52. The first kappa shape index (κ1) is 22.1. The predicted octanol–water partition coefficient (Wildman–Crippen LogP) is 5.63. The molecule has 34 heavy (non-hydrogen) atoms. The van der Waals surface area contributed by atoms with E-state index in [4.69, 9.17) is 0 Å². The van der Waals surface area contributed by atoms with Crippen LogP contribution in [-0.4, -0.2) is 31.3 Å². The summed E-state index contributed by atoms with van der Waals surface area (Å²) in [6.07, 6.45) is 5.99. The number of alkyl halides is 2. The summed E-state index contributed by atoms with van der Waals surface area (Å²) < 4.78 is 56.4. The van der Waals surface area contributed by atoms with E-state index in [1.165, 1.54) is 36.9 Å². The Labute approximate surface area is 192 Å². The number of carbonyl (C=O) groups is 1. The van der Waals surface area contributed by atoms with Gasteiger partial charge in [0.05, 0.1) is 29.8 Å². The number of H-pyrrole nitrogens is 1. The van der Waals surface area contributed by atoms with Crippen molar-refractivity contribution in [3.05, 3.63) is 77.8 Å². The van der Waals surface area contributed by atoms with Crippen molar-refractivity contribution < 1.29 is 22.4 Å². The van der Waals surface area contributed by atoms with Gasteiger partial charge in [-0.3, -0.25) is 9.78 Å². The van der Waals surface area contributed by atoms with E-state index in [-0.39, 0.29) is 55.4 Å². The lowest BCUT2D eigenvalue weighted by Crippen LogP contribution is -2.24. The minimum Gasteiger partial charge on any atom is -0.359 e. The average Bonchev–Trinajstić information content (AvgIpc) is 3.41. The summed E-state index contributed by atoms with van der Waals surface area (Å²) in [4.78, 5) is 23.8. The molecule has 1 amide bonds. The van der Waals surface area contributed by atoms with Crippen LogP contribution in [0, 0.1) is 11.6 Å². The van der Waals surface area contributed by atoms with Crippen molar-refractivity contribution in [1.29, 1.82) is 0 Å². The van der Waals surface area contributed by atoms with Crippen molar-refractivity contribution in [2.45, 2.75) is 44.1 Å². The van der Waals surface area contributed by atoms with Crippen molar-refractivity contribution in [2.24, 2.45) is 0 Å². The molecule has 6 nitrogen and oxygen atoms in total. The fourth-order valence-electron chi connectivity index (χ4n) is 4.35. The second kappa shape index (κ2) is 8.58. The van der Waals surface area contributed by atoms with Crippen molar-refractivity contribution in [3.63, 3.8) is 0 Å². The van der Waals surface area contributed by atoms with Crippen LogP contribution >= 0.6 is 0 Å². The zero-order valence-electron chi connectivity index (χ0n) is 18.0. The van der Waals surface area contributed by atoms with Gasteiger partial charge in [-0.05, 0) is 42.7 Å². The topological polar surface area (TPSA) is 75.6 Å². The zero-order chi connectivity index (χ0) is 23.9. The number of carbonyl (C=O) groups excluding carboxylic acids is 1. The van der Waals surface area contributed by atoms with Gasteiger partial charge in [0.25, 0.3) is 5.91 Å². The molecule has 0 aliphatic heterocycles. The summed E-state index contributed by atoms with van der Waals surface area (Å²) in [5.74, 6) is -4.33. The van der Waals surface area contributed by atoms with Gasteiger partial charge in [-0.15, -0.1) is 0 Å². The Morgan fingerprint density at radius 1 is 1.18 bits per heavy atom. The van der Waals surface area contributed by atoms with Gasteiger partial charge in [-0.1, -0.05) is 0 Å². The average molecular weight is 471 g/mol. The first-order chi connectivity index (χ1) is 16.3. The number of benzene rings is 1. The van der Waals surface area contributed by atoms with Gasteiger partial charge in [0, 0.05) is 42.7 Å². The molecule has 1 aliphatic carbocycles. The number of halogens is 4. The predicted molar refractivity (Wildman–Crippen MR) is 118 cm³/mol. The lowest BCUT2D eigenvalue weighted by molar-refractivity contribution is -0.0387. The van der Waals surface area contributed by atoms with Crippen LogP contribution in [0.1, 0.15) is 53.3 Å². The molecular formula is C24H21F4N5O. The van der Waals surface area contributed by atoms with Gasteiger partial charge < -0.3 is 14.9 Å². The molecule has 1 aromatic carbocycles. The van der Waals surface area contributed by atoms with Gasteiger partial charge >= 0.3 is 0 Å². The molecule has 10 heteroatoms. The quantitative estimate of drug-likeness (QED) is 0.371. The summed E-state index contributed by atoms with van der Waals surface area (Å²) in [7, 11) is 0. The van der Waals surface area contributed by atoms with Crippen LogP contribution in [0.3, 0.4) is 0 Å². The number of nitrogens with one attached hydrogen (secondary N) is 2. The molecule has 0 spiro atoms. The standard InChI is InChI=1S/C24H21F4N5O/c25-16-1-2-17-19(8-16)29-10-20(17)32-23(34)21-12-33(13-31-21)11-14-7-18(26)22(30-9-14)15-3-5-24(27,28)6-4-15/h1-2,7-10,12-13,15,29H,3-6,11H2,(H,32,34). The first-order valence-corrected chi connectivity index (χ1v) is 10.9. The number of aromatic amines is 1. The molecule has 0 radical (unpaired) electrons. The Bertz CT molecular complexity index is 1350. The van der Waals surface area contributed by atoms with Crippen molar-refractivity contribution >= 4 is 22.5 Å². The molecule has 176 valence electrons. The highest BCUT2D eigenvalue weighted by Gasteiger charge is 2.36. The van der Waals surface area contributed by atoms with Gasteiger partial charge in [-0.2, -0.15) is 0 Å². The fourth-order valence-corrected chi connectivity index (χ4v) is 4.35. The molecule has 4 aromatic rings. The van der Waals surface area contributed by atoms with Crippen molar-refractivity contribution in [1.82, 2.24) is 19.5 Å². The highest BCUT2D eigenvalue weighted by atomic mass is 19.3. The molecule has 1 aliphatic rings. The summed E-state index contributed by atoms with van der Waals surface area (Å²) in [6.45, 7) is 0.236. The molecular weight excluding hydrogens is 450 g/mol. The van der Waals surface area contributed by atoms with E-state index in [1.54, 1.807) is 16.8 Å². The highest BCUT2D eigenvalue weighted by molar-refractivity contribution is 6.07. The van der Waals surface area contributed by atoms with Gasteiger partial charge in [-0.25, -0.2) is 22.5 Å². The van der Waals surface area contributed by atoms with Crippen LogP contribution in [0.25, 0.3) is 10.9 Å². The molecule has 3 aromatic heterocycles. The highest BCUT2D eigenvalue weighted by Crippen LogP contribution is 2.40. The molecule has 0 saturated heterocycles. The van der Waals surface area contributed by atoms with E-state index in [1.807, 2.05) is 0 Å². The van der Waals surface area contributed by atoms with Crippen LogP contribution in [0.15, 0.2) is 49.2 Å². The lowest BCUT2D eigenvalue weighted by atomic mass is 9.84. The number of pyridine rings is 1. The number of imidazole rings is 1. The number of rotatable bonds is 5. The van der Waals surface area contributed by atoms with Crippen molar-refractivity contribution in [2.75, 3.05) is 5.32 Å². The zero-order valence-corrected chi connectivity index (χ0v) is 18.0. The fraction of sp³-hybridized carbons (Fsp3) is 0.292. The van der Waals surface area contributed by atoms with Gasteiger partial charge in [0.2, 0.25) is 5.92 Å². The maximum Gasteiger partial charge on any atom is 0.275 e. The Morgan fingerprint density at radius 2 is 1.97 bits per heavy atom. The number of amides is 1. The summed E-state index contributed by atoms with van der Waals surface area (Å²) >= 11 is 0. The molecule has 3 heterocycles. The smallest absolute Gasteiger partial charge is 0.275 e. The SMILES string of the molecule is O=C(Nc1c[nH]c2cc(F)ccc12)c1cn(Cc2cnc(C3CCC(F)(F)CC3)c(F)c2)cn1. The summed E-state index contributed by atoms with van der Waals surface area (Å²) in [5, 5.41) is 3.41. The first-order valence-electron chi connectivity index (χ1n) is 10.9. The van der Waals surface area contributed by atoms with E-state index in [0.29, 0.717) is 22.2 Å². The molecule has 0 bridgehead atoms. The van der Waals surface area contributed by atoms with Crippen LogP contribution in [0.2, 0.25) is 0 Å². The molecule has 5 rings (SSSR count). The Morgan fingerprint density at radius 3 is 2.74 bits per heavy atom. The van der Waals surface area contributed by atoms with Crippen LogP contribution in [-0.2, 0) is 6.54 Å². The van der Waals surface area contributed by atoms with Gasteiger partial charge in [0.1, 0.15) is 17.3 Å². The number of hydrogen-bond acceptors (Lipinski definition) is 3. The van der Waals surface area contributed by atoms with Crippen LogP contribution in [0.5, 0.6) is 0 Å². The summed E-state index contributed by atoms with van der Waals surface area (Å²) in [5.41, 5.74) is 2.00. The maximum atomic E-state index is 14.7. The maximum absolute atomic E-state index is 14.7. The number of nitrogens with zero attached hydrogens (tertiary/aromatic N) is 3. The monoisotopic (exact) mass is 471 g/mol. The molecule has 0 unspecified atom stereocenters. The van der Waals surface area contributed by atoms with E-state index in [0.717, 1.165) is 0 Å². The van der Waals surface area contributed by atoms with E-state index >= 15 is 0 Å². The Hall–Kier alpha value is -3.69. The number of hydrogen-bond donors (Lipinski definition) is 2. The Balaban J connectivity index is 1.25. The second-order valence-electron chi connectivity index (χ2n) is 8.62. The minimum atomic E-state index is -2.68. The third-order valence-electron chi connectivity index (χ3n) is 6.15. The largest absolute Gasteiger partial charge is 0.359 e. The molecule has 1 fully saturated rings. The van der Waals surface area contributed by atoms with E-state index in [9.17, 15) is 22.4 Å². The van der Waals surface area contributed by atoms with E-state index < -0.39 is 17.6 Å². The van der Waals surface area contributed by atoms with Gasteiger partial charge in [0.15, 0.2) is 0 Å². The molecule has 0 atom stereocenters. The summed E-state index contributed by atoms with van der Waals surface area (Å²) in [6, 6.07) is 5.56. The normalized spacial score (nSPS) is 16.1. The van der Waals surface area contributed by atoms with Crippen molar-refractivity contribution in [3.8, 4) is 0 Å². The second-order valence-corrected chi connectivity index (χ2v) is 8.62. The number of anilines is 1. The molecule has 1 saturated carbocycles.